The molecule has 0 aliphatic carbocycles. The van der Waals surface area contributed by atoms with Gasteiger partial charge in [0.05, 0.1) is 0 Å². The molecule has 0 heterocycles. The summed E-state index contributed by atoms with van der Waals surface area (Å²) in [6.07, 6.45) is 5.08. The minimum absolute atomic E-state index is 0.452. The van der Waals surface area contributed by atoms with E-state index in [2.05, 4.69) is 52.4 Å². The first kappa shape index (κ1) is 15.9. The summed E-state index contributed by atoms with van der Waals surface area (Å²) < 4.78 is 0. The van der Waals surface area contributed by atoms with Crippen molar-refractivity contribution in [2.24, 2.45) is 11.3 Å². The fourth-order valence-corrected chi connectivity index (χ4v) is 3.19. The minimum Gasteiger partial charge on any atom is -0.319 e. The number of rotatable bonds is 9. The van der Waals surface area contributed by atoms with Gasteiger partial charge in [-0.05, 0) is 44.7 Å². The molecule has 0 spiro atoms. The summed E-state index contributed by atoms with van der Waals surface area (Å²) in [5.41, 5.74) is 0.452. The highest BCUT2D eigenvalue weighted by Gasteiger charge is 2.36. The zero-order valence-electron chi connectivity index (χ0n) is 12.2. The second-order valence-corrected chi connectivity index (χ2v) is 5.09. The van der Waals surface area contributed by atoms with Crippen LogP contribution in [0.5, 0.6) is 0 Å². The van der Waals surface area contributed by atoms with E-state index in [-0.39, 0.29) is 0 Å². The van der Waals surface area contributed by atoms with Crippen molar-refractivity contribution < 1.29 is 0 Å². The van der Waals surface area contributed by atoms with E-state index in [1.54, 1.807) is 0 Å². The van der Waals surface area contributed by atoms with Crippen molar-refractivity contribution >= 4 is 0 Å². The largest absolute Gasteiger partial charge is 0.319 e. The summed E-state index contributed by atoms with van der Waals surface area (Å²) >= 11 is 0. The van der Waals surface area contributed by atoms with Crippen LogP contribution in [-0.4, -0.2) is 26.7 Å². The van der Waals surface area contributed by atoms with E-state index in [4.69, 9.17) is 0 Å². The maximum atomic E-state index is 3.48. The summed E-state index contributed by atoms with van der Waals surface area (Å²) in [4.78, 5) is 0. The van der Waals surface area contributed by atoms with Crippen molar-refractivity contribution in [3.63, 3.8) is 0 Å². The van der Waals surface area contributed by atoms with Crippen molar-refractivity contribution in [1.29, 1.82) is 0 Å². The molecule has 16 heavy (non-hydrogen) atoms. The number of hydrogen-bond donors (Lipinski definition) is 2. The van der Waals surface area contributed by atoms with E-state index in [1.165, 1.54) is 25.7 Å². The lowest BCUT2D eigenvalue weighted by Gasteiger charge is -2.42. The molecule has 0 amide bonds. The second-order valence-electron chi connectivity index (χ2n) is 5.09. The van der Waals surface area contributed by atoms with E-state index < -0.39 is 0 Å². The van der Waals surface area contributed by atoms with Crippen molar-refractivity contribution in [2.45, 2.75) is 59.4 Å². The van der Waals surface area contributed by atoms with Gasteiger partial charge in [0.1, 0.15) is 0 Å². The Balaban J connectivity index is 4.82. The van der Waals surface area contributed by atoms with Gasteiger partial charge >= 0.3 is 0 Å². The Labute approximate surface area is 103 Å². The Morgan fingerprint density at radius 3 is 2.06 bits per heavy atom. The molecule has 2 heteroatoms. The molecule has 0 fully saturated rings. The molecule has 2 nitrogen and oxygen atoms in total. The highest BCUT2D eigenvalue weighted by molar-refractivity contribution is 4.90. The minimum atomic E-state index is 0.452. The van der Waals surface area contributed by atoms with E-state index in [9.17, 15) is 0 Å². The van der Waals surface area contributed by atoms with Gasteiger partial charge in [-0.2, -0.15) is 0 Å². The van der Waals surface area contributed by atoms with Crippen molar-refractivity contribution in [3.8, 4) is 0 Å². The summed E-state index contributed by atoms with van der Waals surface area (Å²) in [7, 11) is 4.17. The molecule has 0 saturated heterocycles. The molecule has 0 radical (unpaired) electrons. The van der Waals surface area contributed by atoms with Crippen molar-refractivity contribution in [1.82, 2.24) is 10.6 Å². The first-order valence-corrected chi connectivity index (χ1v) is 6.93. The normalized spacial score (nSPS) is 19.1. The van der Waals surface area contributed by atoms with Crippen LogP contribution in [-0.2, 0) is 0 Å². The Morgan fingerprint density at radius 2 is 1.75 bits per heavy atom. The lowest BCUT2D eigenvalue weighted by Crippen LogP contribution is -2.46. The van der Waals surface area contributed by atoms with Gasteiger partial charge in [0.15, 0.2) is 0 Å². The molecule has 3 unspecified atom stereocenters. The first-order chi connectivity index (χ1) is 7.61. The fraction of sp³-hybridized carbons (Fsp3) is 1.00. The average Bonchev–Trinajstić information content (AvgIpc) is 2.30. The Hall–Kier alpha value is -0.0800. The third-order valence-corrected chi connectivity index (χ3v) is 4.36. The summed E-state index contributed by atoms with van der Waals surface area (Å²) in [6.45, 7) is 10.5. The van der Waals surface area contributed by atoms with Crippen LogP contribution in [0.4, 0.5) is 0 Å². The third kappa shape index (κ3) is 3.74. The van der Waals surface area contributed by atoms with Crippen molar-refractivity contribution in [2.75, 3.05) is 20.6 Å². The fourth-order valence-electron chi connectivity index (χ4n) is 3.19. The van der Waals surface area contributed by atoms with Gasteiger partial charge in [0, 0.05) is 12.6 Å². The van der Waals surface area contributed by atoms with Crippen molar-refractivity contribution in [3.05, 3.63) is 0 Å². The molecule has 2 N–H and O–H groups in total. The van der Waals surface area contributed by atoms with E-state index >= 15 is 0 Å². The van der Waals surface area contributed by atoms with Crippen LogP contribution >= 0.6 is 0 Å². The van der Waals surface area contributed by atoms with Crippen LogP contribution in [0, 0.1) is 11.3 Å². The molecular formula is C14H32N2. The molecular weight excluding hydrogens is 196 g/mol. The highest BCUT2D eigenvalue weighted by Crippen LogP contribution is 2.38. The van der Waals surface area contributed by atoms with Crippen LogP contribution < -0.4 is 10.6 Å². The van der Waals surface area contributed by atoms with Crippen LogP contribution in [0.25, 0.3) is 0 Å². The Morgan fingerprint density at radius 1 is 1.12 bits per heavy atom. The van der Waals surface area contributed by atoms with Gasteiger partial charge in [0.25, 0.3) is 0 Å². The smallest absolute Gasteiger partial charge is 0.00928 e. The first-order valence-electron chi connectivity index (χ1n) is 6.93. The number of hydrogen-bond acceptors (Lipinski definition) is 2. The van der Waals surface area contributed by atoms with E-state index in [0.717, 1.165) is 12.5 Å². The maximum absolute atomic E-state index is 3.48. The van der Waals surface area contributed by atoms with E-state index in [0.29, 0.717) is 11.5 Å². The zero-order valence-corrected chi connectivity index (χ0v) is 12.2. The van der Waals surface area contributed by atoms with Gasteiger partial charge in [-0.1, -0.05) is 34.1 Å². The molecule has 0 aromatic carbocycles. The van der Waals surface area contributed by atoms with Gasteiger partial charge in [0.2, 0.25) is 0 Å². The molecule has 0 aromatic rings. The second kappa shape index (κ2) is 8.08. The average molecular weight is 228 g/mol. The third-order valence-electron chi connectivity index (χ3n) is 4.36. The monoisotopic (exact) mass is 228 g/mol. The highest BCUT2D eigenvalue weighted by atomic mass is 14.9. The van der Waals surface area contributed by atoms with Crippen LogP contribution in [0.1, 0.15) is 53.4 Å². The molecule has 0 aromatic heterocycles. The van der Waals surface area contributed by atoms with Crippen LogP contribution in [0.15, 0.2) is 0 Å². The van der Waals surface area contributed by atoms with Gasteiger partial charge in [-0.3, -0.25) is 0 Å². The van der Waals surface area contributed by atoms with Gasteiger partial charge in [-0.25, -0.2) is 0 Å². The quantitative estimate of drug-likeness (QED) is 0.634. The lowest BCUT2D eigenvalue weighted by atomic mass is 9.67. The van der Waals surface area contributed by atoms with E-state index in [1.807, 2.05) is 0 Å². The van der Waals surface area contributed by atoms with Gasteiger partial charge in [-0.15, -0.1) is 0 Å². The summed E-state index contributed by atoms with van der Waals surface area (Å²) in [6, 6.07) is 0.639. The maximum Gasteiger partial charge on any atom is 0.00928 e. The molecule has 98 valence electrons. The predicted molar refractivity (Wildman–Crippen MR) is 73.9 cm³/mol. The standard InChI is InChI=1S/C14H32N2/c1-7-10-14(9-3,11-15-5)12(4)13(8-2)16-6/h12-13,15-16H,7-11H2,1-6H3. The predicted octanol–water partition coefficient (Wildman–Crippen LogP) is 3.04. The molecule has 0 bridgehead atoms. The molecule has 0 saturated carbocycles. The van der Waals surface area contributed by atoms with Crippen LogP contribution in [0.2, 0.25) is 0 Å². The topological polar surface area (TPSA) is 24.1 Å². The van der Waals surface area contributed by atoms with Crippen LogP contribution in [0.3, 0.4) is 0 Å². The molecule has 3 atom stereocenters. The number of nitrogens with one attached hydrogen (secondary N) is 2. The molecule has 0 rings (SSSR count). The summed E-state index contributed by atoms with van der Waals surface area (Å²) in [5, 5.41) is 6.88. The molecule has 0 aliphatic rings. The molecule has 0 aliphatic heterocycles. The SMILES string of the molecule is CCCC(CC)(CNC)C(C)C(CC)NC. The Bertz CT molecular complexity index is 158. The zero-order chi connectivity index (χ0) is 12.6. The summed E-state index contributed by atoms with van der Waals surface area (Å²) in [5.74, 6) is 0.722. The lowest BCUT2D eigenvalue weighted by molar-refractivity contribution is 0.111. The van der Waals surface area contributed by atoms with Gasteiger partial charge < -0.3 is 10.6 Å². The Kier molecular flexibility index (Phi) is 8.04.